The molecule has 1 unspecified atom stereocenters. The molecule has 6 nitrogen and oxygen atoms in total. The number of carboxylic acids is 1. The van der Waals surface area contributed by atoms with Crippen LogP contribution in [-0.4, -0.2) is 37.4 Å². The number of benzene rings is 2. The second-order valence-electron chi connectivity index (χ2n) is 7.75. The van der Waals surface area contributed by atoms with E-state index >= 15 is 0 Å². The Labute approximate surface area is 178 Å². The summed E-state index contributed by atoms with van der Waals surface area (Å²) < 4.78 is 5.51. The third kappa shape index (κ3) is 5.31. The van der Waals surface area contributed by atoms with Crippen LogP contribution in [0.5, 0.6) is 0 Å². The number of hydrogen-bond donors (Lipinski definition) is 2. The predicted molar refractivity (Wildman–Crippen MR) is 118 cm³/mol. The summed E-state index contributed by atoms with van der Waals surface area (Å²) in [5, 5.41) is 21.8. The highest BCUT2D eigenvalue weighted by Gasteiger charge is 2.22. The largest absolute Gasteiger partial charge is 0.481 e. The SMILES string of the molecule is CCC(CC(=O)O)c1ccc(N(C)C2CCOCC2)c(Nc2ccc(C#N)cc2)c1. The summed E-state index contributed by atoms with van der Waals surface area (Å²) in [5.41, 5.74) is 4.52. The molecule has 2 N–H and O–H groups in total. The van der Waals surface area contributed by atoms with Crippen LogP contribution in [0.15, 0.2) is 42.5 Å². The maximum absolute atomic E-state index is 11.3. The molecule has 158 valence electrons. The van der Waals surface area contributed by atoms with Gasteiger partial charge in [-0.15, -0.1) is 0 Å². The molecular weight excluding hydrogens is 378 g/mol. The molecule has 0 aromatic heterocycles. The molecule has 6 heteroatoms. The molecule has 2 aromatic carbocycles. The summed E-state index contributed by atoms with van der Waals surface area (Å²) in [6.45, 7) is 3.55. The first-order valence-corrected chi connectivity index (χ1v) is 10.4. The topological polar surface area (TPSA) is 85.6 Å². The monoisotopic (exact) mass is 407 g/mol. The number of hydrogen-bond acceptors (Lipinski definition) is 5. The van der Waals surface area contributed by atoms with E-state index in [9.17, 15) is 9.90 Å². The molecule has 0 radical (unpaired) electrons. The maximum Gasteiger partial charge on any atom is 0.303 e. The van der Waals surface area contributed by atoms with E-state index in [1.165, 1.54) is 0 Å². The van der Waals surface area contributed by atoms with E-state index in [1.807, 2.05) is 25.1 Å². The number of carboxylic acid groups (broad SMARTS) is 1. The number of aliphatic carboxylic acids is 1. The first kappa shape index (κ1) is 21.7. The number of nitrogens with one attached hydrogen (secondary N) is 1. The number of anilines is 3. The predicted octanol–water partition coefficient (Wildman–Crippen LogP) is 4.89. The summed E-state index contributed by atoms with van der Waals surface area (Å²) >= 11 is 0. The molecule has 1 heterocycles. The minimum atomic E-state index is -0.785. The Hall–Kier alpha value is -3.04. The average molecular weight is 408 g/mol. The van der Waals surface area contributed by atoms with Gasteiger partial charge in [0, 0.05) is 32.0 Å². The van der Waals surface area contributed by atoms with Gasteiger partial charge in [0.05, 0.1) is 29.4 Å². The van der Waals surface area contributed by atoms with Gasteiger partial charge in [-0.2, -0.15) is 5.26 Å². The van der Waals surface area contributed by atoms with Crippen LogP contribution < -0.4 is 10.2 Å². The van der Waals surface area contributed by atoms with Gasteiger partial charge in [0.2, 0.25) is 0 Å². The molecule has 1 aliphatic rings. The van der Waals surface area contributed by atoms with Crippen molar-refractivity contribution in [3.63, 3.8) is 0 Å². The fraction of sp³-hybridized carbons (Fsp3) is 0.417. The number of rotatable bonds is 8. The normalized spacial score (nSPS) is 15.2. The quantitative estimate of drug-likeness (QED) is 0.648. The highest BCUT2D eigenvalue weighted by atomic mass is 16.5. The smallest absolute Gasteiger partial charge is 0.303 e. The summed E-state index contributed by atoms with van der Waals surface area (Å²) in [6.07, 6.45) is 2.83. The molecule has 0 saturated carbocycles. The van der Waals surface area contributed by atoms with Crippen molar-refractivity contribution in [2.75, 3.05) is 30.5 Å². The highest BCUT2D eigenvalue weighted by Crippen LogP contribution is 2.35. The molecule has 1 atom stereocenters. The van der Waals surface area contributed by atoms with Crippen molar-refractivity contribution in [3.05, 3.63) is 53.6 Å². The van der Waals surface area contributed by atoms with Crippen molar-refractivity contribution in [2.45, 2.75) is 44.6 Å². The van der Waals surface area contributed by atoms with E-state index < -0.39 is 5.97 Å². The Morgan fingerprint density at radius 2 is 1.97 bits per heavy atom. The molecule has 0 bridgehead atoms. The molecule has 0 amide bonds. The van der Waals surface area contributed by atoms with Crippen LogP contribution in [0.1, 0.15) is 49.7 Å². The second-order valence-corrected chi connectivity index (χ2v) is 7.75. The Balaban J connectivity index is 1.95. The van der Waals surface area contributed by atoms with Crippen LogP contribution >= 0.6 is 0 Å². The highest BCUT2D eigenvalue weighted by molar-refractivity contribution is 5.77. The van der Waals surface area contributed by atoms with Crippen molar-refractivity contribution in [3.8, 4) is 6.07 Å². The van der Waals surface area contributed by atoms with Gasteiger partial charge < -0.3 is 20.1 Å². The van der Waals surface area contributed by atoms with E-state index in [0.717, 1.165) is 55.1 Å². The van der Waals surface area contributed by atoms with Gasteiger partial charge in [-0.25, -0.2) is 0 Å². The summed E-state index contributed by atoms with van der Waals surface area (Å²) in [7, 11) is 2.10. The number of nitriles is 1. The molecule has 1 saturated heterocycles. The fourth-order valence-electron chi connectivity index (χ4n) is 3.98. The van der Waals surface area contributed by atoms with E-state index in [-0.39, 0.29) is 12.3 Å². The zero-order chi connectivity index (χ0) is 21.5. The summed E-state index contributed by atoms with van der Waals surface area (Å²) in [4.78, 5) is 13.6. The third-order valence-corrected chi connectivity index (χ3v) is 5.82. The molecule has 3 rings (SSSR count). The van der Waals surface area contributed by atoms with Crippen LogP contribution in [0.3, 0.4) is 0 Å². The average Bonchev–Trinajstić information content (AvgIpc) is 2.78. The van der Waals surface area contributed by atoms with Crippen LogP contribution in [0.4, 0.5) is 17.1 Å². The molecule has 1 fully saturated rings. The lowest BCUT2D eigenvalue weighted by atomic mass is 9.92. The fourth-order valence-corrected chi connectivity index (χ4v) is 3.98. The van der Waals surface area contributed by atoms with Gasteiger partial charge in [-0.3, -0.25) is 4.79 Å². The van der Waals surface area contributed by atoms with Crippen molar-refractivity contribution in [1.82, 2.24) is 0 Å². The van der Waals surface area contributed by atoms with E-state index in [0.29, 0.717) is 11.6 Å². The van der Waals surface area contributed by atoms with Crippen LogP contribution in [0.2, 0.25) is 0 Å². The van der Waals surface area contributed by atoms with Crippen molar-refractivity contribution < 1.29 is 14.6 Å². The Morgan fingerprint density at radius 3 is 2.57 bits per heavy atom. The lowest BCUT2D eigenvalue weighted by Gasteiger charge is -2.34. The van der Waals surface area contributed by atoms with Crippen LogP contribution in [0.25, 0.3) is 0 Å². The zero-order valence-corrected chi connectivity index (χ0v) is 17.6. The molecule has 0 spiro atoms. The van der Waals surface area contributed by atoms with Gasteiger partial charge >= 0.3 is 5.97 Å². The number of ether oxygens (including phenoxy) is 1. The molecule has 0 aliphatic carbocycles. The number of nitrogens with zero attached hydrogens (tertiary/aromatic N) is 2. The second kappa shape index (κ2) is 10.1. The zero-order valence-electron chi connectivity index (χ0n) is 17.6. The van der Waals surface area contributed by atoms with Crippen molar-refractivity contribution in [1.29, 1.82) is 5.26 Å². The lowest BCUT2D eigenvalue weighted by molar-refractivity contribution is -0.137. The first-order chi connectivity index (χ1) is 14.5. The number of carbonyl (C=O) groups is 1. The Bertz CT molecular complexity index is 899. The van der Waals surface area contributed by atoms with E-state index in [4.69, 9.17) is 10.00 Å². The molecule has 1 aliphatic heterocycles. The van der Waals surface area contributed by atoms with Crippen molar-refractivity contribution >= 4 is 23.0 Å². The Kier molecular flexibility index (Phi) is 7.31. The van der Waals surface area contributed by atoms with E-state index in [2.05, 4.69) is 35.5 Å². The van der Waals surface area contributed by atoms with E-state index in [1.54, 1.807) is 12.1 Å². The van der Waals surface area contributed by atoms with Crippen LogP contribution in [-0.2, 0) is 9.53 Å². The van der Waals surface area contributed by atoms with Gasteiger partial charge in [0.1, 0.15) is 0 Å². The minimum Gasteiger partial charge on any atom is -0.481 e. The van der Waals surface area contributed by atoms with Gasteiger partial charge in [-0.1, -0.05) is 13.0 Å². The van der Waals surface area contributed by atoms with Gasteiger partial charge in [0.15, 0.2) is 0 Å². The molecule has 30 heavy (non-hydrogen) atoms. The third-order valence-electron chi connectivity index (χ3n) is 5.82. The first-order valence-electron chi connectivity index (χ1n) is 10.4. The summed E-state index contributed by atoms with van der Waals surface area (Å²) in [5.74, 6) is -0.821. The minimum absolute atomic E-state index is 0.0357. The van der Waals surface area contributed by atoms with Crippen molar-refractivity contribution in [2.24, 2.45) is 0 Å². The lowest BCUT2D eigenvalue weighted by Crippen LogP contribution is -2.37. The van der Waals surface area contributed by atoms with Gasteiger partial charge in [-0.05, 0) is 67.1 Å². The summed E-state index contributed by atoms with van der Waals surface area (Å²) in [6, 6.07) is 16.1. The standard InChI is InChI=1S/C24H29N3O3/c1-3-18(15-24(28)29)19-6-9-23(27(2)21-10-12-30-13-11-21)22(14-19)26-20-7-4-17(16-25)5-8-20/h4-9,14,18,21,26H,3,10-13,15H2,1-2H3,(H,28,29). The Morgan fingerprint density at radius 1 is 1.27 bits per heavy atom. The van der Waals surface area contributed by atoms with Crippen LogP contribution in [0, 0.1) is 11.3 Å². The van der Waals surface area contributed by atoms with Gasteiger partial charge in [0.25, 0.3) is 0 Å². The maximum atomic E-state index is 11.3. The molecular formula is C24H29N3O3. The molecule has 2 aromatic rings.